The van der Waals surface area contributed by atoms with E-state index in [-0.39, 0.29) is 60.3 Å². The first-order valence-electron chi connectivity index (χ1n) is 14.1. The summed E-state index contributed by atoms with van der Waals surface area (Å²) in [6.45, 7) is 4.24. The predicted molar refractivity (Wildman–Crippen MR) is 168 cm³/mol. The largest absolute Gasteiger partial charge is 0.493 e. The van der Waals surface area contributed by atoms with Crippen LogP contribution in [0.15, 0.2) is 53.9 Å². The first-order chi connectivity index (χ1) is 21.0. The van der Waals surface area contributed by atoms with Crippen molar-refractivity contribution in [1.82, 2.24) is 20.9 Å². The number of carbonyl (C=O) groups is 3. The second kappa shape index (κ2) is 18.8. The topological polar surface area (TPSA) is 112 Å². The van der Waals surface area contributed by atoms with Crippen LogP contribution >= 0.6 is 11.6 Å². The fraction of sp³-hybridized carbons (Fsp3) is 0.452. The molecule has 0 aliphatic carbocycles. The lowest BCUT2D eigenvalue weighted by molar-refractivity contribution is -0.142. The molecule has 4 N–H and O–H groups in total. The monoisotopic (exact) mass is 659 g/mol. The molecule has 250 valence electrons. The number of nitrogens with one attached hydrogen (secondary N) is 4. The van der Waals surface area contributed by atoms with Crippen LogP contribution in [0.2, 0.25) is 5.02 Å². The Morgan fingerprint density at radius 2 is 1.73 bits per heavy atom. The summed E-state index contributed by atoms with van der Waals surface area (Å²) < 4.78 is 56.7. The van der Waals surface area contributed by atoms with Crippen molar-refractivity contribution >= 4 is 35.4 Å². The van der Waals surface area contributed by atoms with E-state index in [0.717, 1.165) is 22.7 Å². The molecule has 2 amide bonds. The van der Waals surface area contributed by atoms with Gasteiger partial charge in [-0.2, -0.15) is 13.2 Å². The van der Waals surface area contributed by atoms with Crippen LogP contribution in [0.3, 0.4) is 0 Å². The smallest absolute Gasteiger partial charge is 0.401 e. The van der Waals surface area contributed by atoms with Gasteiger partial charge in [0.05, 0.1) is 23.7 Å². The van der Waals surface area contributed by atoms with Crippen LogP contribution in [0.25, 0.3) is 0 Å². The number of allylic oxidation sites excluding steroid dienone is 1. The number of halogens is 5. The van der Waals surface area contributed by atoms with Crippen molar-refractivity contribution in [3.05, 3.63) is 70.3 Å². The number of hydrogen-bond donors (Lipinski definition) is 4. The third-order valence-electron chi connectivity index (χ3n) is 6.21. The van der Waals surface area contributed by atoms with Gasteiger partial charge >= 0.3 is 6.18 Å². The lowest BCUT2D eigenvalue weighted by atomic mass is 9.88. The maximum Gasteiger partial charge on any atom is 0.401 e. The van der Waals surface area contributed by atoms with Gasteiger partial charge in [-0.15, -0.1) is 0 Å². The summed E-state index contributed by atoms with van der Waals surface area (Å²) in [6, 6.07) is 12.2. The number of aldehydes is 1. The Kier molecular flexibility index (Phi) is 16.4. The molecule has 9 nitrogen and oxygen atoms in total. The number of rotatable bonds is 15. The van der Waals surface area contributed by atoms with Gasteiger partial charge in [0.2, 0.25) is 5.91 Å². The van der Waals surface area contributed by atoms with Gasteiger partial charge in [-0.3, -0.25) is 19.3 Å². The Bertz CT molecular complexity index is 1290. The lowest BCUT2D eigenvalue weighted by Crippen LogP contribution is -2.38. The number of amides is 2. The molecule has 0 aromatic heterocycles. The zero-order chi connectivity index (χ0) is 34.2. The van der Waals surface area contributed by atoms with E-state index in [4.69, 9.17) is 16.3 Å². The van der Waals surface area contributed by atoms with Gasteiger partial charge in [0.15, 0.2) is 6.29 Å². The zero-order valence-electron chi connectivity index (χ0n) is 26.3. The molecule has 0 radical (unpaired) electrons. The normalized spacial score (nSPS) is 11.9. The van der Waals surface area contributed by atoms with Gasteiger partial charge in [-0.25, -0.2) is 4.39 Å². The number of carbonyl (C=O) groups excluding carboxylic acids is 3. The minimum absolute atomic E-state index is 0.00243. The molecule has 0 saturated heterocycles. The summed E-state index contributed by atoms with van der Waals surface area (Å²) in [7, 11) is 4.70. The van der Waals surface area contributed by atoms with E-state index in [1.807, 2.05) is 37.4 Å². The molecular formula is C31H42ClF4N5O4. The highest BCUT2D eigenvalue weighted by Gasteiger charge is 2.29. The fourth-order valence-electron chi connectivity index (χ4n) is 3.95. The Morgan fingerprint density at radius 1 is 1.09 bits per heavy atom. The Labute approximate surface area is 266 Å². The van der Waals surface area contributed by atoms with Crippen LogP contribution < -0.4 is 26.0 Å². The number of nitrogens with zero attached hydrogens (tertiary/aromatic N) is 1. The molecule has 0 bridgehead atoms. The predicted octanol–water partition coefficient (Wildman–Crippen LogP) is 5.38. The summed E-state index contributed by atoms with van der Waals surface area (Å²) in [5.41, 5.74) is 0.618. The molecule has 0 aliphatic heterocycles. The fourth-order valence-corrected chi connectivity index (χ4v) is 4.11. The summed E-state index contributed by atoms with van der Waals surface area (Å²) in [4.78, 5) is 38.0. The standard InChI is InChI=1S/C24H33ClF4N4O4.C7H9N/c1-6-37-20-10-17(26)16(25)9-15(20)22(36)31-13-23(2,3)11-21(35)32-19(12-34)18(30-4)7-8-33(5)14-24(27,28)29;1-8-7-5-3-2-4-6-7/h9-10,12,30H,6-8,11,13-14H2,1-5H3,(H,31,36)(H,32,35);2-6,8H,1H3/b19-18+;. The average molecular weight is 660 g/mol. The number of ether oxygens (including phenoxy) is 1. The van der Waals surface area contributed by atoms with Crippen LogP contribution in [-0.2, 0) is 9.59 Å². The van der Waals surface area contributed by atoms with Gasteiger partial charge in [-0.05, 0) is 37.6 Å². The van der Waals surface area contributed by atoms with Crippen molar-refractivity contribution in [3.63, 3.8) is 0 Å². The molecule has 2 aromatic carbocycles. The van der Waals surface area contributed by atoms with Crippen LogP contribution in [0.4, 0.5) is 23.2 Å². The molecule has 0 saturated carbocycles. The maximum atomic E-state index is 13.8. The van der Waals surface area contributed by atoms with Crippen LogP contribution in [0, 0.1) is 11.2 Å². The zero-order valence-corrected chi connectivity index (χ0v) is 27.1. The van der Waals surface area contributed by atoms with E-state index < -0.39 is 35.8 Å². The van der Waals surface area contributed by atoms with Gasteiger partial charge in [-0.1, -0.05) is 43.6 Å². The van der Waals surface area contributed by atoms with Crippen molar-refractivity contribution in [2.45, 2.75) is 39.8 Å². The number of anilines is 1. The van der Waals surface area contributed by atoms with Gasteiger partial charge < -0.3 is 26.0 Å². The van der Waals surface area contributed by atoms with Gasteiger partial charge in [0.1, 0.15) is 17.3 Å². The van der Waals surface area contributed by atoms with Gasteiger partial charge in [0, 0.05) is 57.5 Å². The summed E-state index contributed by atoms with van der Waals surface area (Å²) in [5.74, 6) is -1.81. The van der Waals surface area contributed by atoms with Crippen LogP contribution in [0.5, 0.6) is 5.75 Å². The maximum absolute atomic E-state index is 13.8. The number of alkyl halides is 3. The SMILES string of the molecule is CCOc1cc(F)c(Cl)cc1C(=O)NCC(C)(C)CC(=O)N/C(C=O)=C(\CCN(C)CC(F)(F)F)NC.CNc1ccccc1. The molecule has 45 heavy (non-hydrogen) atoms. The van der Waals surface area contributed by atoms with Crippen molar-refractivity contribution in [3.8, 4) is 5.75 Å². The van der Waals surface area contributed by atoms with Crippen molar-refractivity contribution in [1.29, 1.82) is 0 Å². The van der Waals surface area contributed by atoms with Crippen molar-refractivity contribution in [2.24, 2.45) is 5.41 Å². The first-order valence-corrected chi connectivity index (χ1v) is 14.5. The van der Waals surface area contributed by atoms with E-state index >= 15 is 0 Å². The molecule has 0 atom stereocenters. The summed E-state index contributed by atoms with van der Waals surface area (Å²) in [6.07, 6.45) is -3.97. The lowest BCUT2D eigenvalue weighted by Gasteiger charge is -2.25. The molecule has 0 heterocycles. The molecule has 0 spiro atoms. The van der Waals surface area contributed by atoms with Crippen LogP contribution in [-0.4, -0.2) is 76.6 Å². The third kappa shape index (κ3) is 15.1. The van der Waals surface area contributed by atoms with Crippen LogP contribution in [0.1, 0.15) is 44.0 Å². The van der Waals surface area contributed by atoms with Crippen molar-refractivity contribution < 1.29 is 36.7 Å². The highest BCUT2D eigenvalue weighted by Crippen LogP contribution is 2.27. The minimum atomic E-state index is -4.35. The highest BCUT2D eigenvalue weighted by molar-refractivity contribution is 6.31. The Morgan fingerprint density at radius 3 is 2.24 bits per heavy atom. The molecule has 2 rings (SSSR count). The first kappa shape index (κ1) is 39.2. The molecule has 0 unspecified atom stereocenters. The van der Waals surface area contributed by atoms with E-state index in [1.54, 1.807) is 20.8 Å². The van der Waals surface area contributed by atoms with E-state index in [0.29, 0.717) is 6.29 Å². The second-order valence-electron chi connectivity index (χ2n) is 10.7. The summed E-state index contributed by atoms with van der Waals surface area (Å²) in [5, 5.41) is 10.7. The van der Waals surface area contributed by atoms with E-state index in [1.165, 1.54) is 14.1 Å². The molecule has 0 fully saturated rings. The molecule has 14 heteroatoms. The molecule has 2 aromatic rings. The Balaban J connectivity index is 0.00000109. The molecular weight excluding hydrogens is 618 g/mol. The summed E-state index contributed by atoms with van der Waals surface area (Å²) >= 11 is 5.80. The highest BCUT2D eigenvalue weighted by atomic mass is 35.5. The third-order valence-corrected chi connectivity index (χ3v) is 6.50. The van der Waals surface area contributed by atoms with E-state index in [2.05, 4.69) is 21.3 Å². The minimum Gasteiger partial charge on any atom is -0.493 e. The average Bonchev–Trinajstić information content (AvgIpc) is 2.97. The quantitative estimate of drug-likeness (QED) is 0.115. The van der Waals surface area contributed by atoms with Crippen molar-refractivity contribution in [2.75, 3.05) is 52.7 Å². The van der Waals surface area contributed by atoms with Gasteiger partial charge in [0.25, 0.3) is 5.91 Å². The number of hydrogen-bond acceptors (Lipinski definition) is 7. The second-order valence-corrected chi connectivity index (χ2v) is 11.2. The number of para-hydroxylation sites is 1. The Hall–Kier alpha value is -3.84. The van der Waals surface area contributed by atoms with E-state index in [9.17, 15) is 31.9 Å². The molecule has 0 aliphatic rings. The number of benzene rings is 2.